The number of ether oxygens (including phenoxy) is 1. The number of benzene rings is 1. The van der Waals surface area contributed by atoms with Crippen LogP contribution in [0.5, 0.6) is 11.6 Å². The van der Waals surface area contributed by atoms with E-state index in [0.717, 1.165) is 17.9 Å². The van der Waals surface area contributed by atoms with Gasteiger partial charge in [-0.05, 0) is 24.5 Å². The molecule has 2 rings (SSSR count). The smallest absolute Gasteiger partial charge is 0.243 e. The molecular formula is C15H18ClN3O. The van der Waals surface area contributed by atoms with E-state index in [9.17, 15) is 0 Å². The highest BCUT2D eigenvalue weighted by Crippen LogP contribution is 2.32. The fourth-order valence-corrected chi connectivity index (χ4v) is 1.95. The molecule has 0 atom stereocenters. The molecule has 106 valence electrons. The van der Waals surface area contributed by atoms with E-state index in [1.807, 2.05) is 31.2 Å². The van der Waals surface area contributed by atoms with Crippen LogP contribution in [0.15, 0.2) is 30.5 Å². The SMILES string of the molecule is CCNc1ncc(Cl)c(Oc2ccccc2C(C)C)n1. The zero-order valence-electron chi connectivity index (χ0n) is 11.9. The maximum Gasteiger partial charge on any atom is 0.243 e. The van der Waals surface area contributed by atoms with E-state index in [1.165, 1.54) is 0 Å². The molecule has 0 radical (unpaired) electrons. The number of halogens is 1. The van der Waals surface area contributed by atoms with Crippen molar-refractivity contribution in [1.82, 2.24) is 9.97 Å². The molecule has 0 unspecified atom stereocenters. The third kappa shape index (κ3) is 3.39. The molecule has 1 aromatic carbocycles. The molecule has 5 heteroatoms. The van der Waals surface area contributed by atoms with Gasteiger partial charge in [0.15, 0.2) is 0 Å². The standard InChI is InChI=1S/C15H18ClN3O/c1-4-17-15-18-9-12(16)14(19-15)20-13-8-6-5-7-11(13)10(2)3/h5-10H,4H2,1-3H3,(H,17,18,19). The van der Waals surface area contributed by atoms with Gasteiger partial charge in [0.25, 0.3) is 0 Å². The first-order chi connectivity index (χ1) is 9.61. The Morgan fingerprint density at radius 2 is 2.05 bits per heavy atom. The fourth-order valence-electron chi connectivity index (χ4n) is 1.82. The number of anilines is 1. The second-order valence-electron chi connectivity index (χ2n) is 4.67. The minimum atomic E-state index is 0.361. The van der Waals surface area contributed by atoms with Crippen LogP contribution in [-0.2, 0) is 0 Å². The molecule has 0 spiro atoms. The first-order valence-corrected chi connectivity index (χ1v) is 7.02. The summed E-state index contributed by atoms with van der Waals surface area (Å²) in [6.07, 6.45) is 1.54. The highest BCUT2D eigenvalue weighted by molar-refractivity contribution is 6.31. The van der Waals surface area contributed by atoms with Gasteiger partial charge in [-0.2, -0.15) is 4.98 Å². The molecule has 1 aromatic heterocycles. The molecule has 4 nitrogen and oxygen atoms in total. The van der Waals surface area contributed by atoms with Crippen LogP contribution in [0.4, 0.5) is 5.95 Å². The lowest BCUT2D eigenvalue weighted by atomic mass is 10.0. The van der Waals surface area contributed by atoms with E-state index in [1.54, 1.807) is 6.20 Å². The minimum Gasteiger partial charge on any atom is -0.437 e. The Labute approximate surface area is 124 Å². The predicted molar refractivity (Wildman–Crippen MR) is 81.8 cm³/mol. The number of aromatic nitrogens is 2. The van der Waals surface area contributed by atoms with Gasteiger partial charge in [-0.1, -0.05) is 43.6 Å². The average molecular weight is 292 g/mol. The van der Waals surface area contributed by atoms with Gasteiger partial charge in [0, 0.05) is 6.54 Å². The molecule has 0 saturated heterocycles. The predicted octanol–water partition coefficient (Wildman–Crippen LogP) is 4.48. The van der Waals surface area contributed by atoms with Crippen molar-refractivity contribution in [2.24, 2.45) is 0 Å². The zero-order valence-corrected chi connectivity index (χ0v) is 12.6. The largest absolute Gasteiger partial charge is 0.437 e. The van der Waals surface area contributed by atoms with E-state index in [2.05, 4.69) is 29.1 Å². The van der Waals surface area contributed by atoms with Crippen molar-refractivity contribution in [1.29, 1.82) is 0 Å². The van der Waals surface area contributed by atoms with Crippen LogP contribution < -0.4 is 10.1 Å². The number of para-hydroxylation sites is 1. The van der Waals surface area contributed by atoms with E-state index in [-0.39, 0.29) is 0 Å². The molecule has 0 saturated carbocycles. The topological polar surface area (TPSA) is 47.0 Å². The Kier molecular flexibility index (Phi) is 4.79. The van der Waals surface area contributed by atoms with Crippen LogP contribution in [0.2, 0.25) is 5.02 Å². The first-order valence-electron chi connectivity index (χ1n) is 6.65. The summed E-state index contributed by atoms with van der Waals surface area (Å²) in [4.78, 5) is 8.38. The third-order valence-corrected chi connectivity index (χ3v) is 3.05. The quantitative estimate of drug-likeness (QED) is 0.882. The van der Waals surface area contributed by atoms with Crippen LogP contribution in [0, 0.1) is 0 Å². The third-order valence-electron chi connectivity index (χ3n) is 2.79. The second-order valence-corrected chi connectivity index (χ2v) is 5.08. The molecule has 1 N–H and O–H groups in total. The summed E-state index contributed by atoms with van der Waals surface area (Å²) in [6.45, 7) is 6.96. The molecule has 0 amide bonds. The summed E-state index contributed by atoms with van der Waals surface area (Å²) < 4.78 is 5.87. The highest BCUT2D eigenvalue weighted by Gasteiger charge is 2.12. The van der Waals surface area contributed by atoms with Crippen molar-refractivity contribution < 1.29 is 4.74 Å². The van der Waals surface area contributed by atoms with Gasteiger partial charge < -0.3 is 10.1 Å². The molecule has 0 aliphatic carbocycles. The first kappa shape index (κ1) is 14.6. The molecule has 2 aromatic rings. The van der Waals surface area contributed by atoms with Crippen molar-refractivity contribution >= 4 is 17.5 Å². The summed E-state index contributed by atoms with van der Waals surface area (Å²) in [5, 5.41) is 3.43. The van der Waals surface area contributed by atoms with Gasteiger partial charge in [-0.3, -0.25) is 0 Å². The van der Waals surface area contributed by atoms with Gasteiger partial charge in [-0.25, -0.2) is 4.98 Å². The van der Waals surface area contributed by atoms with Crippen molar-refractivity contribution in [3.63, 3.8) is 0 Å². The van der Waals surface area contributed by atoms with Crippen LogP contribution in [0.3, 0.4) is 0 Å². The maximum atomic E-state index is 6.10. The van der Waals surface area contributed by atoms with Crippen LogP contribution in [-0.4, -0.2) is 16.5 Å². The Hall–Kier alpha value is -1.81. The Balaban J connectivity index is 2.32. The molecule has 0 bridgehead atoms. The Bertz CT molecular complexity index is 587. The van der Waals surface area contributed by atoms with Gasteiger partial charge in [-0.15, -0.1) is 0 Å². The number of hydrogen-bond donors (Lipinski definition) is 1. The van der Waals surface area contributed by atoms with E-state index in [0.29, 0.717) is 22.8 Å². The lowest BCUT2D eigenvalue weighted by Crippen LogP contribution is -2.03. The fraction of sp³-hybridized carbons (Fsp3) is 0.333. The number of rotatable bonds is 5. The number of nitrogens with one attached hydrogen (secondary N) is 1. The second kappa shape index (κ2) is 6.57. The van der Waals surface area contributed by atoms with Gasteiger partial charge in [0.1, 0.15) is 10.8 Å². The summed E-state index contributed by atoms with van der Waals surface area (Å²) >= 11 is 6.10. The maximum absolute atomic E-state index is 6.10. The van der Waals surface area contributed by atoms with Crippen LogP contribution >= 0.6 is 11.6 Å². The zero-order chi connectivity index (χ0) is 14.5. The molecule has 20 heavy (non-hydrogen) atoms. The average Bonchev–Trinajstić information content (AvgIpc) is 2.43. The molecular weight excluding hydrogens is 274 g/mol. The van der Waals surface area contributed by atoms with Crippen molar-refractivity contribution in [3.8, 4) is 11.6 Å². The lowest BCUT2D eigenvalue weighted by Gasteiger charge is -2.14. The van der Waals surface area contributed by atoms with Crippen molar-refractivity contribution in [2.75, 3.05) is 11.9 Å². The van der Waals surface area contributed by atoms with Crippen molar-refractivity contribution in [2.45, 2.75) is 26.7 Å². The Morgan fingerprint density at radius 3 is 2.75 bits per heavy atom. The minimum absolute atomic E-state index is 0.361. The summed E-state index contributed by atoms with van der Waals surface area (Å²) in [5.41, 5.74) is 1.12. The van der Waals surface area contributed by atoms with E-state index < -0.39 is 0 Å². The lowest BCUT2D eigenvalue weighted by molar-refractivity contribution is 0.454. The van der Waals surface area contributed by atoms with Crippen LogP contribution in [0.25, 0.3) is 0 Å². The molecule has 1 heterocycles. The number of hydrogen-bond acceptors (Lipinski definition) is 4. The van der Waals surface area contributed by atoms with E-state index in [4.69, 9.17) is 16.3 Å². The summed E-state index contributed by atoms with van der Waals surface area (Å²) in [6, 6.07) is 7.89. The van der Waals surface area contributed by atoms with Gasteiger partial charge >= 0.3 is 0 Å². The number of nitrogens with zero attached hydrogens (tertiary/aromatic N) is 2. The monoisotopic (exact) mass is 291 g/mol. The Morgan fingerprint density at radius 1 is 1.30 bits per heavy atom. The van der Waals surface area contributed by atoms with Crippen molar-refractivity contribution in [3.05, 3.63) is 41.0 Å². The highest BCUT2D eigenvalue weighted by atomic mass is 35.5. The van der Waals surface area contributed by atoms with E-state index >= 15 is 0 Å². The normalized spacial score (nSPS) is 10.7. The molecule has 0 aliphatic rings. The summed E-state index contributed by atoms with van der Waals surface area (Å²) in [5.74, 6) is 2.00. The summed E-state index contributed by atoms with van der Waals surface area (Å²) in [7, 11) is 0. The van der Waals surface area contributed by atoms with Gasteiger partial charge in [0.05, 0.1) is 6.20 Å². The van der Waals surface area contributed by atoms with Gasteiger partial charge in [0.2, 0.25) is 11.8 Å². The van der Waals surface area contributed by atoms with Crippen LogP contribution in [0.1, 0.15) is 32.3 Å². The molecule has 0 fully saturated rings. The molecule has 0 aliphatic heterocycles.